The molecule has 36 heavy (non-hydrogen) atoms. The number of fused-ring (bicyclic) bond motifs is 1. The molecular formula is C25H23FN2O7S. The Kier molecular flexibility index (Phi) is 7.39. The van der Waals surface area contributed by atoms with Gasteiger partial charge in [0.1, 0.15) is 25.6 Å². The van der Waals surface area contributed by atoms with Crippen molar-refractivity contribution in [2.45, 2.75) is 11.8 Å². The molecule has 4 rings (SSSR count). The molecule has 0 fully saturated rings. The molecule has 3 aromatic rings. The van der Waals surface area contributed by atoms with E-state index in [0.717, 1.165) is 16.4 Å². The van der Waals surface area contributed by atoms with E-state index < -0.39 is 34.3 Å². The average molecular weight is 515 g/mol. The number of carbonyl (C=O) groups is 2. The van der Waals surface area contributed by atoms with Crippen molar-refractivity contribution in [3.05, 3.63) is 78.1 Å². The highest BCUT2D eigenvalue weighted by Gasteiger charge is 2.29. The van der Waals surface area contributed by atoms with Crippen molar-refractivity contribution in [3.63, 3.8) is 0 Å². The number of hydrogen-bond acceptors (Lipinski definition) is 7. The zero-order valence-corrected chi connectivity index (χ0v) is 20.1. The van der Waals surface area contributed by atoms with E-state index >= 15 is 0 Å². The van der Waals surface area contributed by atoms with Crippen LogP contribution in [0.25, 0.3) is 0 Å². The molecule has 3 aromatic carbocycles. The Labute approximate surface area is 207 Å². The SMILES string of the molecule is CCOC(=O)c1cccc(NC(=O)CN(c2ccc(F)cc2)S(=O)(=O)c2ccc3c(c2)OCCO3)c1. The van der Waals surface area contributed by atoms with Crippen LogP contribution >= 0.6 is 0 Å². The number of nitrogens with zero attached hydrogens (tertiary/aromatic N) is 1. The number of rotatable bonds is 8. The Morgan fingerprint density at radius 1 is 1.00 bits per heavy atom. The summed E-state index contributed by atoms with van der Waals surface area (Å²) in [5.74, 6) is -1.12. The van der Waals surface area contributed by atoms with Crippen molar-refractivity contribution in [3.8, 4) is 11.5 Å². The second-order valence-electron chi connectivity index (χ2n) is 7.64. The maximum Gasteiger partial charge on any atom is 0.338 e. The predicted octanol–water partition coefficient (Wildman–Crippen LogP) is 3.61. The molecule has 1 aliphatic rings. The van der Waals surface area contributed by atoms with Crippen molar-refractivity contribution < 1.29 is 36.6 Å². The Balaban J connectivity index is 1.62. The third-order valence-corrected chi connectivity index (χ3v) is 6.93. The molecule has 0 saturated heterocycles. The van der Waals surface area contributed by atoms with E-state index in [1.807, 2.05) is 0 Å². The third kappa shape index (κ3) is 5.57. The lowest BCUT2D eigenvalue weighted by molar-refractivity contribution is -0.114. The third-order valence-electron chi connectivity index (χ3n) is 5.16. The fraction of sp³-hybridized carbons (Fsp3) is 0.200. The molecule has 0 unspecified atom stereocenters. The number of sulfonamides is 1. The number of ether oxygens (including phenoxy) is 3. The van der Waals surface area contributed by atoms with Crippen LogP contribution in [-0.4, -0.2) is 46.7 Å². The summed E-state index contributed by atoms with van der Waals surface area (Å²) < 4.78 is 57.5. The first-order valence-electron chi connectivity index (χ1n) is 11.0. The summed E-state index contributed by atoms with van der Waals surface area (Å²) >= 11 is 0. The van der Waals surface area contributed by atoms with E-state index in [4.69, 9.17) is 14.2 Å². The van der Waals surface area contributed by atoms with Crippen LogP contribution in [0, 0.1) is 5.82 Å². The van der Waals surface area contributed by atoms with Gasteiger partial charge in [-0.2, -0.15) is 0 Å². The van der Waals surface area contributed by atoms with Gasteiger partial charge < -0.3 is 19.5 Å². The second kappa shape index (κ2) is 10.6. The fourth-order valence-corrected chi connectivity index (χ4v) is 4.94. The molecule has 0 spiro atoms. The van der Waals surface area contributed by atoms with Crippen molar-refractivity contribution in [2.75, 3.05) is 36.0 Å². The molecule has 0 saturated carbocycles. The minimum absolute atomic E-state index is 0.0849. The molecule has 188 valence electrons. The second-order valence-corrected chi connectivity index (χ2v) is 9.51. The lowest BCUT2D eigenvalue weighted by Crippen LogP contribution is -2.38. The summed E-state index contributed by atoms with van der Waals surface area (Å²) in [6.07, 6.45) is 0. The van der Waals surface area contributed by atoms with Crippen LogP contribution in [0.2, 0.25) is 0 Å². The van der Waals surface area contributed by atoms with Crippen LogP contribution in [-0.2, 0) is 19.6 Å². The first-order valence-corrected chi connectivity index (χ1v) is 12.5. The van der Waals surface area contributed by atoms with Gasteiger partial charge in [0, 0.05) is 11.8 Å². The number of benzene rings is 3. The van der Waals surface area contributed by atoms with Crippen LogP contribution in [0.5, 0.6) is 11.5 Å². The summed E-state index contributed by atoms with van der Waals surface area (Å²) in [6, 6.07) is 14.9. The van der Waals surface area contributed by atoms with Gasteiger partial charge in [-0.3, -0.25) is 9.10 Å². The van der Waals surface area contributed by atoms with E-state index in [1.54, 1.807) is 19.1 Å². The number of halogens is 1. The summed E-state index contributed by atoms with van der Waals surface area (Å²) in [5.41, 5.74) is 0.594. The van der Waals surface area contributed by atoms with E-state index in [1.165, 1.54) is 42.5 Å². The number of carbonyl (C=O) groups excluding carboxylic acids is 2. The molecular weight excluding hydrogens is 491 g/mol. The van der Waals surface area contributed by atoms with E-state index in [-0.39, 0.29) is 40.8 Å². The number of hydrogen-bond donors (Lipinski definition) is 1. The maximum atomic E-state index is 13.6. The normalized spacial score (nSPS) is 12.5. The molecule has 0 atom stereocenters. The molecule has 1 amide bonds. The summed E-state index contributed by atoms with van der Waals surface area (Å²) in [7, 11) is -4.28. The van der Waals surface area contributed by atoms with E-state index in [0.29, 0.717) is 12.4 Å². The largest absolute Gasteiger partial charge is 0.486 e. The van der Waals surface area contributed by atoms with Crippen LogP contribution in [0.15, 0.2) is 71.6 Å². The molecule has 0 aliphatic carbocycles. The first kappa shape index (κ1) is 25.0. The average Bonchev–Trinajstić information content (AvgIpc) is 2.88. The minimum Gasteiger partial charge on any atom is -0.486 e. The molecule has 0 aromatic heterocycles. The van der Waals surface area contributed by atoms with Crippen LogP contribution in [0.4, 0.5) is 15.8 Å². The minimum atomic E-state index is -4.28. The highest BCUT2D eigenvalue weighted by molar-refractivity contribution is 7.92. The molecule has 11 heteroatoms. The highest BCUT2D eigenvalue weighted by atomic mass is 32.2. The van der Waals surface area contributed by atoms with Gasteiger partial charge in [0.2, 0.25) is 5.91 Å². The maximum absolute atomic E-state index is 13.6. The topological polar surface area (TPSA) is 111 Å². The fourth-order valence-electron chi connectivity index (χ4n) is 3.50. The van der Waals surface area contributed by atoms with Crippen molar-refractivity contribution in [1.82, 2.24) is 0 Å². The van der Waals surface area contributed by atoms with Crippen molar-refractivity contribution in [2.24, 2.45) is 0 Å². The molecule has 1 heterocycles. The van der Waals surface area contributed by atoms with Crippen LogP contribution in [0.3, 0.4) is 0 Å². The lowest BCUT2D eigenvalue weighted by atomic mass is 10.2. The van der Waals surface area contributed by atoms with Gasteiger partial charge in [-0.25, -0.2) is 17.6 Å². The number of esters is 1. The van der Waals surface area contributed by atoms with Gasteiger partial charge in [0.15, 0.2) is 11.5 Å². The highest BCUT2D eigenvalue weighted by Crippen LogP contribution is 2.34. The summed E-state index contributed by atoms with van der Waals surface area (Å²) in [6.45, 7) is 1.87. The van der Waals surface area contributed by atoms with Gasteiger partial charge in [0.25, 0.3) is 10.0 Å². The van der Waals surface area contributed by atoms with Gasteiger partial charge in [0.05, 0.1) is 22.8 Å². The molecule has 1 aliphatic heterocycles. The number of anilines is 2. The standard InChI is InChI=1S/C25H23FN2O7S/c1-2-33-25(30)17-4-3-5-19(14-17)27-24(29)16-28(20-8-6-18(26)7-9-20)36(31,32)21-10-11-22-23(15-21)35-13-12-34-22/h3-11,14-15H,2,12-13,16H2,1H3,(H,27,29). The Morgan fingerprint density at radius 3 is 2.44 bits per heavy atom. The molecule has 0 radical (unpaired) electrons. The Hall–Kier alpha value is -4.12. The number of nitrogens with one attached hydrogen (secondary N) is 1. The van der Waals surface area contributed by atoms with Crippen LogP contribution < -0.4 is 19.1 Å². The van der Waals surface area contributed by atoms with E-state index in [9.17, 15) is 22.4 Å². The van der Waals surface area contributed by atoms with Gasteiger partial charge in [-0.05, 0) is 61.5 Å². The molecule has 1 N–H and O–H groups in total. The number of amides is 1. The Bertz CT molecular complexity index is 1380. The van der Waals surface area contributed by atoms with Crippen molar-refractivity contribution in [1.29, 1.82) is 0 Å². The van der Waals surface area contributed by atoms with Gasteiger partial charge >= 0.3 is 5.97 Å². The van der Waals surface area contributed by atoms with Crippen LogP contribution in [0.1, 0.15) is 17.3 Å². The Morgan fingerprint density at radius 2 is 1.72 bits per heavy atom. The summed E-state index contributed by atoms with van der Waals surface area (Å²) in [4.78, 5) is 24.8. The van der Waals surface area contributed by atoms with Gasteiger partial charge in [-0.1, -0.05) is 6.07 Å². The molecule has 9 nitrogen and oxygen atoms in total. The van der Waals surface area contributed by atoms with Crippen molar-refractivity contribution >= 4 is 33.3 Å². The zero-order chi connectivity index (χ0) is 25.7. The quantitative estimate of drug-likeness (QED) is 0.457. The first-order chi connectivity index (χ1) is 17.3. The zero-order valence-electron chi connectivity index (χ0n) is 19.3. The monoisotopic (exact) mass is 514 g/mol. The predicted molar refractivity (Wildman–Crippen MR) is 129 cm³/mol. The lowest BCUT2D eigenvalue weighted by Gasteiger charge is -2.25. The smallest absolute Gasteiger partial charge is 0.338 e. The summed E-state index contributed by atoms with van der Waals surface area (Å²) in [5, 5.41) is 2.59. The van der Waals surface area contributed by atoms with Gasteiger partial charge in [-0.15, -0.1) is 0 Å². The van der Waals surface area contributed by atoms with E-state index in [2.05, 4.69) is 5.32 Å². The molecule has 0 bridgehead atoms.